The van der Waals surface area contributed by atoms with Gasteiger partial charge in [-0.1, -0.05) is 17.7 Å². The third kappa shape index (κ3) is 3.40. The van der Waals surface area contributed by atoms with Crippen molar-refractivity contribution < 1.29 is 4.74 Å². The van der Waals surface area contributed by atoms with Crippen LogP contribution in [0.3, 0.4) is 0 Å². The molecule has 1 heterocycles. The molecule has 1 aromatic carbocycles. The summed E-state index contributed by atoms with van der Waals surface area (Å²) in [6, 6.07) is 7.62. The number of rotatable bonds is 2. The molecule has 1 N–H and O–H groups in total. The van der Waals surface area contributed by atoms with Crippen LogP contribution < -0.4 is 10.1 Å². The number of ether oxygens (including phenoxy) is 1. The molecule has 1 unspecified atom stereocenters. The van der Waals surface area contributed by atoms with E-state index in [0.29, 0.717) is 6.10 Å². The summed E-state index contributed by atoms with van der Waals surface area (Å²) in [4.78, 5) is 0. The fourth-order valence-electron chi connectivity index (χ4n) is 1.84. The fourth-order valence-corrected chi connectivity index (χ4v) is 2.02. The molecule has 1 aromatic rings. The van der Waals surface area contributed by atoms with E-state index in [0.717, 1.165) is 36.7 Å². The van der Waals surface area contributed by atoms with E-state index in [9.17, 15) is 0 Å². The quantitative estimate of drug-likeness (QED) is 0.836. The fraction of sp³-hybridized carbons (Fsp3) is 0.500. The summed E-state index contributed by atoms with van der Waals surface area (Å²) in [6.45, 7) is 2.15. The third-order valence-corrected chi connectivity index (χ3v) is 2.86. The van der Waals surface area contributed by atoms with E-state index in [1.807, 2.05) is 24.3 Å². The van der Waals surface area contributed by atoms with Gasteiger partial charge in [0.15, 0.2) is 0 Å². The highest BCUT2D eigenvalue weighted by molar-refractivity contribution is 6.30. The van der Waals surface area contributed by atoms with E-state index in [-0.39, 0.29) is 0 Å². The summed E-state index contributed by atoms with van der Waals surface area (Å²) in [5.41, 5.74) is 0. The van der Waals surface area contributed by atoms with E-state index in [1.54, 1.807) is 0 Å². The molecule has 0 amide bonds. The van der Waals surface area contributed by atoms with Crippen molar-refractivity contribution in [3.8, 4) is 5.75 Å². The van der Waals surface area contributed by atoms with Crippen LogP contribution in [0, 0.1) is 0 Å². The molecule has 0 saturated carbocycles. The number of nitrogens with one attached hydrogen (secondary N) is 1. The van der Waals surface area contributed by atoms with Crippen LogP contribution in [0.2, 0.25) is 5.02 Å². The van der Waals surface area contributed by atoms with Crippen molar-refractivity contribution in [3.63, 3.8) is 0 Å². The summed E-state index contributed by atoms with van der Waals surface area (Å²) < 4.78 is 5.89. The minimum atomic E-state index is 0.332. The van der Waals surface area contributed by atoms with Gasteiger partial charge in [-0.05, 0) is 50.6 Å². The van der Waals surface area contributed by atoms with Crippen LogP contribution in [0.4, 0.5) is 0 Å². The van der Waals surface area contributed by atoms with Gasteiger partial charge >= 0.3 is 0 Å². The van der Waals surface area contributed by atoms with Crippen molar-refractivity contribution in [1.29, 1.82) is 0 Å². The standard InChI is InChI=1S/C12H16ClNO/c13-10-3-1-4-12(9-10)15-11-5-2-7-14-8-6-11/h1,3-4,9,11,14H,2,5-8H2. The maximum absolute atomic E-state index is 5.90. The molecule has 3 heteroatoms. The molecule has 1 aliphatic rings. The molecule has 15 heavy (non-hydrogen) atoms. The Morgan fingerprint density at radius 3 is 3.07 bits per heavy atom. The highest BCUT2D eigenvalue weighted by Gasteiger charge is 2.13. The monoisotopic (exact) mass is 225 g/mol. The van der Waals surface area contributed by atoms with Crippen molar-refractivity contribution in [1.82, 2.24) is 5.32 Å². The second kappa shape index (κ2) is 5.38. The summed E-state index contributed by atoms with van der Waals surface area (Å²) in [5.74, 6) is 0.884. The summed E-state index contributed by atoms with van der Waals surface area (Å²) in [5, 5.41) is 4.10. The molecule has 2 nitrogen and oxygen atoms in total. The molecule has 0 spiro atoms. The Morgan fingerprint density at radius 1 is 1.27 bits per heavy atom. The lowest BCUT2D eigenvalue weighted by atomic mass is 10.1. The Balaban J connectivity index is 1.95. The average molecular weight is 226 g/mol. The van der Waals surface area contributed by atoms with Gasteiger partial charge in [0, 0.05) is 5.02 Å². The van der Waals surface area contributed by atoms with Crippen LogP contribution in [0.25, 0.3) is 0 Å². The van der Waals surface area contributed by atoms with Crippen LogP contribution in [-0.2, 0) is 0 Å². The lowest BCUT2D eigenvalue weighted by Gasteiger charge is -2.16. The summed E-state index contributed by atoms with van der Waals surface area (Å²) in [7, 11) is 0. The average Bonchev–Trinajstić information content (AvgIpc) is 2.46. The lowest BCUT2D eigenvalue weighted by molar-refractivity contribution is 0.187. The predicted molar refractivity (Wildman–Crippen MR) is 62.6 cm³/mol. The predicted octanol–water partition coefficient (Wildman–Crippen LogP) is 2.86. The largest absolute Gasteiger partial charge is 0.490 e. The zero-order valence-corrected chi connectivity index (χ0v) is 9.46. The normalized spacial score (nSPS) is 22.1. The molecule has 0 radical (unpaired) electrons. The van der Waals surface area contributed by atoms with E-state index in [2.05, 4.69) is 5.32 Å². The second-order valence-electron chi connectivity index (χ2n) is 3.88. The number of halogens is 1. The summed E-state index contributed by atoms with van der Waals surface area (Å²) in [6.07, 6.45) is 3.72. The van der Waals surface area contributed by atoms with Crippen LogP contribution in [-0.4, -0.2) is 19.2 Å². The molecule has 82 valence electrons. The summed E-state index contributed by atoms with van der Waals surface area (Å²) >= 11 is 5.90. The van der Waals surface area contributed by atoms with E-state index < -0.39 is 0 Å². The van der Waals surface area contributed by atoms with Crippen LogP contribution in [0.5, 0.6) is 5.75 Å². The molecule has 0 bridgehead atoms. The first kappa shape index (κ1) is 10.8. The number of benzene rings is 1. The van der Waals surface area contributed by atoms with E-state index in [4.69, 9.17) is 16.3 Å². The van der Waals surface area contributed by atoms with Gasteiger partial charge in [-0.2, -0.15) is 0 Å². The van der Waals surface area contributed by atoms with Crippen molar-refractivity contribution in [3.05, 3.63) is 29.3 Å². The van der Waals surface area contributed by atoms with Gasteiger partial charge in [0.2, 0.25) is 0 Å². The number of hydrogen-bond acceptors (Lipinski definition) is 2. The van der Waals surface area contributed by atoms with Crippen molar-refractivity contribution in [2.24, 2.45) is 0 Å². The Labute approximate surface area is 95.6 Å². The molecule has 1 fully saturated rings. The van der Waals surface area contributed by atoms with Gasteiger partial charge in [0.1, 0.15) is 5.75 Å². The van der Waals surface area contributed by atoms with E-state index >= 15 is 0 Å². The van der Waals surface area contributed by atoms with Crippen LogP contribution in [0.1, 0.15) is 19.3 Å². The Bertz CT molecular complexity index is 308. The smallest absolute Gasteiger partial charge is 0.121 e. The molecule has 0 aliphatic carbocycles. The molecule has 2 rings (SSSR count). The van der Waals surface area contributed by atoms with Gasteiger partial charge < -0.3 is 10.1 Å². The first-order chi connectivity index (χ1) is 7.34. The van der Waals surface area contributed by atoms with Crippen molar-refractivity contribution in [2.75, 3.05) is 13.1 Å². The Morgan fingerprint density at radius 2 is 2.20 bits per heavy atom. The van der Waals surface area contributed by atoms with Gasteiger partial charge in [0.25, 0.3) is 0 Å². The number of hydrogen-bond donors (Lipinski definition) is 1. The Hall–Kier alpha value is -0.730. The third-order valence-electron chi connectivity index (χ3n) is 2.62. The van der Waals surface area contributed by atoms with Crippen molar-refractivity contribution >= 4 is 11.6 Å². The molecular formula is C12H16ClNO. The lowest BCUT2D eigenvalue weighted by Crippen LogP contribution is -2.19. The first-order valence-corrected chi connectivity index (χ1v) is 5.85. The van der Waals surface area contributed by atoms with Crippen molar-refractivity contribution in [2.45, 2.75) is 25.4 Å². The molecule has 1 aliphatic heterocycles. The van der Waals surface area contributed by atoms with Crippen LogP contribution in [0.15, 0.2) is 24.3 Å². The molecule has 1 atom stereocenters. The second-order valence-corrected chi connectivity index (χ2v) is 4.31. The van der Waals surface area contributed by atoms with E-state index in [1.165, 1.54) is 6.42 Å². The molecular weight excluding hydrogens is 210 g/mol. The van der Waals surface area contributed by atoms with Gasteiger partial charge in [0.05, 0.1) is 6.10 Å². The zero-order valence-electron chi connectivity index (χ0n) is 8.71. The minimum Gasteiger partial charge on any atom is -0.490 e. The topological polar surface area (TPSA) is 21.3 Å². The van der Waals surface area contributed by atoms with Crippen LogP contribution >= 0.6 is 11.6 Å². The maximum Gasteiger partial charge on any atom is 0.121 e. The molecule has 1 saturated heterocycles. The zero-order chi connectivity index (χ0) is 10.5. The highest BCUT2D eigenvalue weighted by atomic mass is 35.5. The van der Waals surface area contributed by atoms with Gasteiger partial charge in [-0.3, -0.25) is 0 Å². The Kier molecular flexibility index (Phi) is 3.87. The first-order valence-electron chi connectivity index (χ1n) is 5.47. The maximum atomic E-state index is 5.90. The minimum absolute atomic E-state index is 0.332. The molecule has 0 aromatic heterocycles. The SMILES string of the molecule is Clc1cccc(OC2CCCNCC2)c1. The van der Waals surface area contributed by atoms with Gasteiger partial charge in [-0.15, -0.1) is 0 Å². The highest BCUT2D eigenvalue weighted by Crippen LogP contribution is 2.20. The van der Waals surface area contributed by atoms with Gasteiger partial charge in [-0.25, -0.2) is 0 Å².